The quantitative estimate of drug-likeness (QED) is 0.572. The zero-order chi connectivity index (χ0) is 16.1. The van der Waals surface area contributed by atoms with E-state index in [0.717, 1.165) is 24.1 Å². The van der Waals surface area contributed by atoms with Crippen LogP contribution >= 0.6 is 11.6 Å². The van der Waals surface area contributed by atoms with Crippen LogP contribution in [0.15, 0.2) is 0 Å². The fraction of sp³-hybridized carbons (Fsp3) is 0.571. The van der Waals surface area contributed by atoms with Crippen LogP contribution in [0.3, 0.4) is 0 Å². The van der Waals surface area contributed by atoms with Gasteiger partial charge in [0.15, 0.2) is 11.0 Å². The Hall–Kier alpha value is -1.73. The van der Waals surface area contributed by atoms with Gasteiger partial charge in [0.1, 0.15) is 24.2 Å². The number of aromatic nitrogens is 4. The topological polar surface area (TPSA) is 79.1 Å². The maximum Gasteiger partial charge on any atom is 0.332 e. The molecule has 0 radical (unpaired) electrons. The second kappa shape index (κ2) is 7.51. The first-order valence-electron chi connectivity index (χ1n) is 7.18. The van der Waals surface area contributed by atoms with Crippen LogP contribution in [0.5, 0.6) is 0 Å². The van der Waals surface area contributed by atoms with E-state index in [1.807, 2.05) is 7.05 Å². The van der Waals surface area contributed by atoms with Gasteiger partial charge < -0.3 is 9.47 Å². The minimum Gasteiger partial charge on any atom is -0.464 e. The molecule has 0 aliphatic rings. The van der Waals surface area contributed by atoms with E-state index in [4.69, 9.17) is 21.1 Å². The number of nitrogens with zero attached hydrogens (tertiary/aromatic N) is 4. The van der Waals surface area contributed by atoms with E-state index in [1.54, 1.807) is 11.6 Å². The van der Waals surface area contributed by atoms with E-state index in [9.17, 15) is 4.79 Å². The fourth-order valence-corrected chi connectivity index (χ4v) is 2.44. The van der Waals surface area contributed by atoms with E-state index < -0.39 is 5.97 Å². The zero-order valence-corrected chi connectivity index (χ0v) is 13.7. The average molecular weight is 327 g/mol. The van der Waals surface area contributed by atoms with Crippen LogP contribution in [0.2, 0.25) is 5.15 Å². The van der Waals surface area contributed by atoms with Crippen molar-refractivity contribution < 1.29 is 14.3 Å². The zero-order valence-electron chi connectivity index (χ0n) is 12.9. The molecule has 2 heterocycles. The number of esters is 1. The van der Waals surface area contributed by atoms with Crippen molar-refractivity contribution in [3.8, 4) is 0 Å². The van der Waals surface area contributed by atoms with E-state index in [0.29, 0.717) is 23.1 Å². The van der Waals surface area contributed by atoms with Crippen LogP contribution in [0.25, 0.3) is 11.0 Å². The second-order valence-electron chi connectivity index (χ2n) is 4.75. The highest BCUT2D eigenvalue weighted by atomic mass is 35.5. The van der Waals surface area contributed by atoms with Crippen molar-refractivity contribution in [1.82, 2.24) is 19.7 Å². The molecule has 2 aromatic heterocycles. The predicted octanol–water partition coefficient (Wildman–Crippen LogP) is 2.05. The Kier molecular flexibility index (Phi) is 5.68. The lowest BCUT2D eigenvalue weighted by Gasteiger charge is -2.05. The lowest BCUT2D eigenvalue weighted by molar-refractivity contribution is -0.148. The summed E-state index contributed by atoms with van der Waals surface area (Å²) < 4.78 is 11.7. The molecule has 0 aliphatic carbocycles. The Morgan fingerprint density at radius 2 is 2.09 bits per heavy atom. The standard InChI is InChI=1S/C14H19ClN4O3/c1-4-6-9-12-13(19(3)18-9)14(15)17-10(16-12)7-21-8-11(20)22-5-2/h4-8H2,1-3H3. The van der Waals surface area contributed by atoms with Gasteiger partial charge in [-0.1, -0.05) is 24.9 Å². The second-order valence-corrected chi connectivity index (χ2v) is 5.10. The third-order valence-electron chi connectivity index (χ3n) is 3.00. The molecule has 0 N–H and O–H groups in total. The summed E-state index contributed by atoms with van der Waals surface area (Å²) in [5.74, 6) is 0.00914. The van der Waals surface area contributed by atoms with Crippen LogP contribution in [0.1, 0.15) is 31.8 Å². The molecule has 120 valence electrons. The minimum atomic E-state index is -0.414. The number of fused-ring (bicyclic) bond motifs is 1. The molecule has 0 spiro atoms. The van der Waals surface area contributed by atoms with E-state index in [-0.39, 0.29) is 13.2 Å². The van der Waals surface area contributed by atoms with Gasteiger partial charge in [0, 0.05) is 7.05 Å². The van der Waals surface area contributed by atoms with Crippen LogP contribution < -0.4 is 0 Å². The highest BCUT2D eigenvalue weighted by Gasteiger charge is 2.16. The highest BCUT2D eigenvalue weighted by molar-refractivity contribution is 6.33. The summed E-state index contributed by atoms with van der Waals surface area (Å²) >= 11 is 6.21. The number of aryl methyl sites for hydroxylation is 2. The summed E-state index contributed by atoms with van der Waals surface area (Å²) in [5, 5.41) is 4.76. The highest BCUT2D eigenvalue weighted by Crippen LogP contribution is 2.23. The summed E-state index contributed by atoms with van der Waals surface area (Å²) in [4.78, 5) is 19.9. The SMILES string of the molecule is CCCc1nn(C)c2c(Cl)nc(COCC(=O)OCC)nc12. The first-order chi connectivity index (χ1) is 10.6. The molecule has 22 heavy (non-hydrogen) atoms. The Morgan fingerprint density at radius 1 is 1.32 bits per heavy atom. The maximum absolute atomic E-state index is 11.2. The number of halogens is 1. The molecule has 0 aromatic carbocycles. The number of ether oxygens (including phenoxy) is 2. The van der Waals surface area contributed by atoms with E-state index in [1.165, 1.54) is 0 Å². The van der Waals surface area contributed by atoms with Gasteiger partial charge in [-0.25, -0.2) is 14.8 Å². The molecular weight excluding hydrogens is 308 g/mol. The molecule has 0 bridgehead atoms. The Balaban J connectivity index is 2.17. The number of carbonyl (C=O) groups is 1. The van der Waals surface area contributed by atoms with Gasteiger partial charge in [-0.15, -0.1) is 0 Å². The largest absolute Gasteiger partial charge is 0.464 e. The molecule has 8 heteroatoms. The van der Waals surface area contributed by atoms with Crippen molar-refractivity contribution in [3.63, 3.8) is 0 Å². The van der Waals surface area contributed by atoms with Crippen LogP contribution in [-0.4, -0.2) is 38.9 Å². The van der Waals surface area contributed by atoms with Gasteiger partial charge in [0.05, 0.1) is 12.3 Å². The van der Waals surface area contributed by atoms with Crippen molar-refractivity contribution in [2.45, 2.75) is 33.3 Å². The Bertz CT molecular complexity index is 672. The van der Waals surface area contributed by atoms with Gasteiger partial charge in [0.2, 0.25) is 0 Å². The maximum atomic E-state index is 11.2. The normalized spacial score (nSPS) is 11.1. The molecule has 0 fully saturated rings. The van der Waals surface area contributed by atoms with E-state index >= 15 is 0 Å². The van der Waals surface area contributed by atoms with Crippen LogP contribution in [-0.2, 0) is 34.3 Å². The third kappa shape index (κ3) is 3.72. The minimum absolute atomic E-state index is 0.0922. The Morgan fingerprint density at radius 3 is 2.77 bits per heavy atom. The lowest BCUT2D eigenvalue weighted by atomic mass is 10.2. The first kappa shape index (κ1) is 16.6. The number of hydrogen-bond acceptors (Lipinski definition) is 6. The van der Waals surface area contributed by atoms with Crippen LogP contribution in [0, 0.1) is 0 Å². The molecule has 0 amide bonds. The summed E-state index contributed by atoms with van der Waals surface area (Å²) in [7, 11) is 1.81. The van der Waals surface area contributed by atoms with Crippen molar-refractivity contribution in [2.24, 2.45) is 7.05 Å². The van der Waals surface area contributed by atoms with Gasteiger partial charge >= 0.3 is 5.97 Å². The number of hydrogen-bond donors (Lipinski definition) is 0. The van der Waals surface area contributed by atoms with Gasteiger partial charge in [0.25, 0.3) is 0 Å². The molecule has 0 aliphatic heterocycles. The monoisotopic (exact) mass is 326 g/mol. The summed E-state index contributed by atoms with van der Waals surface area (Å²) in [6, 6.07) is 0. The summed E-state index contributed by atoms with van der Waals surface area (Å²) in [6.07, 6.45) is 1.77. The van der Waals surface area contributed by atoms with Crippen molar-refractivity contribution in [2.75, 3.05) is 13.2 Å². The number of carbonyl (C=O) groups excluding carboxylic acids is 1. The summed E-state index contributed by atoms with van der Waals surface area (Å²) in [6.45, 7) is 4.10. The molecular formula is C14H19ClN4O3. The van der Waals surface area contributed by atoms with Crippen LogP contribution in [0.4, 0.5) is 0 Å². The molecule has 0 saturated carbocycles. The molecule has 0 saturated heterocycles. The Labute approximate surface area is 133 Å². The van der Waals surface area contributed by atoms with Gasteiger partial charge in [-0.05, 0) is 13.3 Å². The lowest BCUT2D eigenvalue weighted by Crippen LogP contribution is -2.13. The predicted molar refractivity (Wildman–Crippen MR) is 81.6 cm³/mol. The van der Waals surface area contributed by atoms with E-state index in [2.05, 4.69) is 22.0 Å². The molecule has 2 aromatic rings. The molecule has 0 unspecified atom stereocenters. The smallest absolute Gasteiger partial charge is 0.332 e. The molecule has 7 nitrogen and oxygen atoms in total. The first-order valence-corrected chi connectivity index (χ1v) is 7.55. The molecule has 0 atom stereocenters. The van der Waals surface area contributed by atoms with Crippen molar-refractivity contribution >= 4 is 28.6 Å². The third-order valence-corrected chi connectivity index (χ3v) is 3.26. The fourth-order valence-electron chi connectivity index (χ4n) is 2.14. The number of rotatable bonds is 7. The average Bonchev–Trinajstić information content (AvgIpc) is 2.76. The summed E-state index contributed by atoms with van der Waals surface area (Å²) in [5.41, 5.74) is 2.33. The van der Waals surface area contributed by atoms with Crippen molar-refractivity contribution in [1.29, 1.82) is 0 Å². The van der Waals surface area contributed by atoms with Gasteiger partial charge in [-0.3, -0.25) is 4.68 Å². The van der Waals surface area contributed by atoms with Crippen molar-refractivity contribution in [3.05, 3.63) is 16.7 Å². The molecule has 2 rings (SSSR count). The van der Waals surface area contributed by atoms with Gasteiger partial charge in [-0.2, -0.15) is 5.10 Å².